The zero-order valence-corrected chi connectivity index (χ0v) is 13.2. The zero-order chi connectivity index (χ0) is 15.1. The van der Waals surface area contributed by atoms with Crippen LogP contribution in [-0.4, -0.2) is 34.1 Å². The molecule has 22 heavy (non-hydrogen) atoms. The highest BCUT2D eigenvalue weighted by Crippen LogP contribution is 2.42. The van der Waals surface area contributed by atoms with Gasteiger partial charge in [-0.05, 0) is 48.9 Å². The normalized spacial score (nSPS) is 32.3. The van der Waals surface area contributed by atoms with Crippen molar-refractivity contribution < 1.29 is 5.11 Å². The molecule has 5 rings (SSSR count). The topological polar surface area (TPSA) is 36.4 Å². The first-order chi connectivity index (χ1) is 10.8. The number of piperidine rings is 3. The van der Waals surface area contributed by atoms with Crippen LogP contribution in [0.1, 0.15) is 37.9 Å². The molecule has 0 amide bonds. The Morgan fingerprint density at radius 1 is 1.32 bits per heavy atom. The molecule has 3 aliphatic rings. The lowest BCUT2D eigenvalue weighted by molar-refractivity contribution is -0.0562. The van der Waals surface area contributed by atoms with Crippen molar-refractivity contribution in [2.45, 2.75) is 38.3 Å². The Bertz CT molecular complexity index is 666. The summed E-state index contributed by atoms with van der Waals surface area (Å²) in [5.74, 6) is 1.62. The van der Waals surface area contributed by atoms with Crippen molar-refractivity contribution in [3.63, 3.8) is 0 Å². The van der Waals surface area contributed by atoms with E-state index in [-0.39, 0.29) is 6.04 Å². The minimum atomic E-state index is -0.409. The maximum Gasteiger partial charge on any atom is 0.0952 e. The smallest absolute Gasteiger partial charge is 0.0952 e. The van der Waals surface area contributed by atoms with Crippen molar-refractivity contribution in [1.29, 1.82) is 0 Å². The van der Waals surface area contributed by atoms with Crippen molar-refractivity contribution in [1.82, 2.24) is 9.88 Å². The zero-order valence-electron chi connectivity index (χ0n) is 13.2. The molecule has 1 aromatic heterocycles. The van der Waals surface area contributed by atoms with Crippen molar-refractivity contribution in [2.75, 3.05) is 13.1 Å². The summed E-state index contributed by atoms with van der Waals surface area (Å²) in [7, 11) is 0. The Morgan fingerprint density at radius 2 is 2.18 bits per heavy atom. The number of fused-ring (bicyclic) bond motifs is 4. The average Bonchev–Trinajstić information content (AvgIpc) is 2.60. The third-order valence-electron chi connectivity index (χ3n) is 5.83. The molecule has 0 aliphatic carbocycles. The van der Waals surface area contributed by atoms with Crippen LogP contribution in [0.25, 0.3) is 10.9 Å². The van der Waals surface area contributed by atoms with E-state index >= 15 is 0 Å². The monoisotopic (exact) mass is 296 g/mol. The van der Waals surface area contributed by atoms with E-state index in [0.717, 1.165) is 47.8 Å². The van der Waals surface area contributed by atoms with Crippen LogP contribution in [-0.2, 0) is 0 Å². The van der Waals surface area contributed by atoms with E-state index in [4.69, 9.17) is 0 Å². The standard InChI is InChI=1S/C19H24N2O/c1-2-13-12-21-10-8-14(13)11-18(21)19(22)16-7-9-20-17-6-4-3-5-15(16)17/h3-7,9,13-14,18-19,22H,2,8,10-12H2,1H3/t13-,14?,18?,19-/m1/s1. The maximum atomic E-state index is 11.1. The van der Waals surface area contributed by atoms with Crippen molar-refractivity contribution in [3.8, 4) is 0 Å². The van der Waals surface area contributed by atoms with Crippen LogP contribution in [0.5, 0.6) is 0 Å². The van der Waals surface area contributed by atoms with Gasteiger partial charge in [-0.2, -0.15) is 0 Å². The number of aliphatic hydroxyl groups is 1. The molecule has 3 nitrogen and oxygen atoms in total. The average molecular weight is 296 g/mol. The second kappa shape index (κ2) is 5.64. The first kappa shape index (κ1) is 14.2. The van der Waals surface area contributed by atoms with Gasteiger partial charge in [0, 0.05) is 24.2 Å². The van der Waals surface area contributed by atoms with Gasteiger partial charge in [0.15, 0.2) is 0 Å². The van der Waals surface area contributed by atoms with E-state index in [2.05, 4.69) is 22.9 Å². The maximum absolute atomic E-state index is 11.1. The Kier molecular flexibility index (Phi) is 3.63. The molecule has 2 aromatic rings. The molecular weight excluding hydrogens is 272 g/mol. The Morgan fingerprint density at radius 3 is 2.95 bits per heavy atom. The van der Waals surface area contributed by atoms with Gasteiger partial charge in [0.25, 0.3) is 0 Å². The summed E-state index contributed by atoms with van der Waals surface area (Å²) >= 11 is 0. The minimum Gasteiger partial charge on any atom is -0.387 e. The largest absolute Gasteiger partial charge is 0.387 e. The predicted octanol–water partition coefficient (Wildman–Crippen LogP) is 3.39. The second-order valence-electron chi connectivity index (χ2n) is 6.88. The number of hydrogen-bond donors (Lipinski definition) is 1. The summed E-state index contributed by atoms with van der Waals surface area (Å²) in [5.41, 5.74) is 2.01. The lowest BCUT2D eigenvalue weighted by Crippen LogP contribution is -2.55. The SMILES string of the molecule is CC[C@@H]1CN2CCC1CC2[C@H](O)c1ccnc2ccccc12. The molecule has 3 fully saturated rings. The Hall–Kier alpha value is -1.45. The first-order valence-electron chi connectivity index (χ1n) is 8.53. The van der Waals surface area contributed by atoms with E-state index in [1.807, 2.05) is 30.5 Å². The van der Waals surface area contributed by atoms with Crippen LogP contribution < -0.4 is 0 Å². The highest BCUT2D eigenvalue weighted by atomic mass is 16.3. The molecule has 0 radical (unpaired) electrons. The predicted molar refractivity (Wildman–Crippen MR) is 88.6 cm³/mol. The number of benzene rings is 1. The summed E-state index contributed by atoms with van der Waals surface area (Å²) in [5, 5.41) is 12.1. The molecule has 5 atom stereocenters. The third-order valence-corrected chi connectivity index (χ3v) is 5.83. The number of pyridine rings is 1. The fourth-order valence-electron chi connectivity index (χ4n) is 4.55. The van der Waals surface area contributed by atoms with Crippen molar-refractivity contribution >= 4 is 10.9 Å². The molecule has 1 aromatic carbocycles. The highest BCUT2D eigenvalue weighted by Gasteiger charge is 2.42. The van der Waals surface area contributed by atoms with Crippen LogP contribution in [0.15, 0.2) is 36.5 Å². The van der Waals surface area contributed by atoms with E-state index in [9.17, 15) is 5.11 Å². The Labute approximate surface area is 132 Å². The van der Waals surface area contributed by atoms with Gasteiger partial charge in [-0.1, -0.05) is 31.5 Å². The number of nitrogens with zero attached hydrogens (tertiary/aromatic N) is 2. The number of rotatable bonds is 3. The lowest BCUT2D eigenvalue weighted by Gasteiger charge is -2.51. The molecule has 0 saturated carbocycles. The molecule has 3 heteroatoms. The molecule has 0 spiro atoms. The molecule has 3 unspecified atom stereocenters. The number of hydrogen-bond acceptors (Lipinski definition) is 3. The van der Waals surface area contributed by atoms with Crippen molar-refractivity contribution in [2.24, 2.45) is 11.8 Å². The summed E-state index contributed by atoms with van der Waals surface area (Å²) in [4.78, 5) is 6.94. The Balaban J connectivity index is 1.66. The summed E-state index contributed by atoms with van der Waals surface area (Å²) in [6.07, 6.45) is 5.12. The molecular formula is C19H24N2O. The molecule has 4 heterocycles. The van der Waals surface area contributed by atoms with Gasteiger partial charge in [-0.3, -0.25) is 9.88 Å². The molecule has 2 bridgehead atoms. The van der Waals surface area contributed by atoms with Gasteiger partial charge in [0.1, 0.15) is 0 Å². The second-order valence-corrected chi connectivity index (χ2v) is 6.88. The molecule has 3 saturated heterocycles. The minimum absolute atomic E-state index is 0.271. The number of aliphatic hydroxyl groups excluding tert-OH is 1. The quantitative estimate of drug-likeness (QED) is 0.943. The van der Waals surface area contributed by atoms with E-state index in [1.54, 1.807) is 0 Å². The van der Waals surface area contributed by atoms with Crippen LogP contribution in [0, 0.1) is 11.8 Å². The van der Waals surface area contributed by atoms with Crippen LogP contribution in [0.3, 0.4) is 0 Å². The van der Waals surface area contributed by atoms with E-state index in [1.165, 1.54) is 12.8 Å². The van der Waals surface area contributed by atoms with Crippen LogP contribution >= 0.6 is 0 Å². The molecule has 1 N–H and O–H groups in total. The number of aromatic nitrogens is 1. The number of para-hydroxylation sites is 1. The van der Waals surface area contributed by atoms with E-state index < -0.39 is 6.10 Å². The fraction of sp³-hybridized carbons (Fsp3) is 0.526. The summed E-state index contributed by atoms with van der Waals surface area (Å²) in [6.45, 7) is 4.60. The van der Waals surface area contributed by atoms with E-state index in [0.29, 0.717) is 0 Å². The lowest BCUT2D eigenvalue weighted by atomic mass is 9.72. The first-order valence-corrected chi connectivity index (χ1v) is 8.53. The van der Waals surface area contributed by atoms with Crippen LogP contribution in [0.2, 0.25) is 0 Å². The van der Waals surface area contributed by atoms with Gasteiger partial charge < -0.3 is 5.11 Å². The van der Waals surface area contributed by atoms with Crippen LogP contribution in [0.4, 0.5) is 0 Å². The highest BCUT2D eigenvalue weighted by molar-refractivity contribution is 5.82. The van der Waals surface area contributed by atoms with Gasteiger partial charge in [-0.25, -0.2) is 0 Å². The third kappa shape index (κ3) is 2.24. The molecule has 116 valence electrons. The fourth-order valence-corrected chi connectivity index (χ4v) is 4.55. The van der Waals surface area contributed by atoms with Gasteiger partial charge >= 0.3 is 0 Å². The van der Waals surface area contributed by atoms with Gasteiger partial charge in [-0.15, -0.1) is 0 Å². The molecule has 3 aliphatic heterocycles. The van der Waals surface area contributed by atoms with Gasteiger partial charge in [0.2, 0.25) is 0 Å². The summed E-state index contributed by atoms with van der Waals surface area (Å²) in [6, 6.07) is 10.4. The van der Waals surface area contributed by atoms with Gasteiger partial charge in [0.05, 0.1) is 11.6 Å². The summed E-state index contributed by atoms with van der Waals surface area (Å²) < 4.78 is 0. The van der Waals surface area contributed by atoms with Crippen molar-refractivity contribution in [3.05, 3.63) is 42.1 Å².